The molecule has 0 aliphatic rings. The number of amides is 1. The number of rotatable bonds is 6. The van der Waals surface area contributed by atoms with E-state index in [0.717, 1.165) is 11.1 Å². The highest BCUT2D eigenvalue weighted by Gasteiger charge is 2.14. The van der Waals surface area contributed by atoms with Crippen molar-refractivity contribution >= 4 is 11.9 Å². The van der Waals surface area contributed by atoms with Crippen molar-refractivity contribution in [2.24, 2.45) is 0 Å². The van der Waals surface area contributed by atoms with Crippen LogP contribution in [0.25, 0.3) is 0 Å². The molecule has 0 aromatic heterocycles. The lowest BCUT2D eigenvalue weighted by atomic mass is 10.0. The summed E-state index contributed by atoms with van der Waals surface area (Å²) in [5.41, 5.74) is 2.36. The Morgan fingerprint density at radius 2 is 2.00 bits per heavy atom. The molecular formula is C14H19NO4. The number of benzene rings is 1. The van der Waals surface area contributed by atoms with Crippen LogP contribution in [0, 0.1) is 13.8 Å². The first-order chi connectivity index (χ1) is 8.95. The lowest BCUT2D eigenvalue weighted by molar-refractivity contribution is -0.137. The lowest BCUT2D eigenvalue weighted by Crippen LogP contribution is -2.25. The fourth-order valence-electron chi connectivity index (χ4n) is 1.93. The summed E-state index contributed by atoms with van der Waals surface area (Å²) in [5, 5.41) is 11.2. The first-order valence-electron chi connectivity index (χ1n) is 6.11. The minimum absolute atomic E-state index is 0.0459. The second-order valence-electron chi connectivity index (χ2n) is 4.42. The number of carboxylic acids is 1. The molecule has 5 heteroatoms. The van der Waals surface area contributed by atoms with Gasteiger partial charge in [0.1, 0.15) is 5.75 Å². The molecule has 0 atom stereocenters. The second-order valence-corrected chi connectivity index (χ2v) is 4.42. The monoisotopic (exact) mass is 265 g/mol. The van der Waals surface area contributed by atoms with Gasteiger partial charge in [0.25, 0.3) is 5.91 Å². The number of nitrogens with one attached hydrogen (secondary N) is 1. The standard InChI is InChI=1S/C14H19NO4/c1-9-7-10(2)13(19-3)11(8-9)14(18)15-6-4-5-12(16)17/h7-8H,4-6H2,1-3H3,(H,15,18)(H,16,17). The highest BCUT2D eigenvalue weighted by atomic mass is 16.5. The summed E-state index contributed by atoms with van der Waals surface area (Å²) in [4.78, 5) is 22.4. The zero-order valence-electron chi connectivity index (χ0n) is 11.4. The molecule has 104 valence electrons. The molecule has 0 saturated heterocycles. The van der Waals surface area contributed by atoms with Crippen molar-refractivity contribution in [1.82, 2.24) is 5.32 Å². The van der Waals surface area contributed by atoms with Gasteiger partial charge in [-0.3, -0.25) is 9.59 Å². The van der Waals surface area contributed by atoms with Gasteiger partial charge < -0.3 is 15.2 Å². The Balaban J connectivity index is 2.73. The molecule has 0 radical (unpaired) electrons. The van der Waals surface area contributed by atoms with Gasteiger partial charge in [0.2, 0.25) is 0 Å². The molecule has 0 unspecified atom stereocenters. The third kappa shape index (κ3) is 4.28. The van der Waals surface area contributed by atoms with E-state index in [1.54, 1.807) is 6.07 Å². The SMILES string of the molecule is COc1c(C)cc(C)cc1C(=O)NCCCC(=O)O. The van der Waals surface area contributed by atoms with E-state index in [2.05, 4.69) is 5.32 Å². The summed E-state index contributed by atoms with van der Waals surface area (Å²) in [7, 11) is 1.53. The predicted octanol–water partition coefficient (Wildman–Crippen LogP) is 1.91. The minimum atomic E-state index is -0.863. The third-order valence-corrected chi connectivity index (χ3v) is 2.72. The van der Waals surface area contributed by atoms with Crippen LogP contribution in [-0.2, 0) is 4.79 Å². The van der Waals surface area contributed by atoms with Crippen molar-refractivity contribution in [1.29, 1.82) is 0 Å². The van der Waals surface area contributed by atoms with E-state index in [1.807, 2.05) is 19.9 Å². The number of methoxy groups -OCH3 is 1. The molecule has 0 aliphatic heterocycles. The fraction of sp³-hybridized carbons (Fsp3) is 0.429. The number of aliphatic carboxylic acids is 1. The summed E-state index contributed by atoms with van der Waals surface area (Å²) in [5.74, 6) is -0.548. The highest BCUT2D eigenvalue weighted by Crippen LogP contribution is 2.24. The Morgan fingerprint density at radius 3 is 2.58 bits per heavy atom. The molecule has 0 heterocycles. The Bertz CT molecular complexity index is 483. The largest absolute Gasteiger partial charge is 0.496 e. The predicted molar refractivity (Wildman–Crippen MR) is 71.7 cm³/mol. The van der Waals surface area contributed by atoms with Crippen molar-refractivity contribution in [2.45, 2.75) is 26.7 Å². The Labute approximate surface area is 112 Å². The molecule has 1 rings (SSSR count). The van der Waals surface area contributed by atoms with Crippen molar-refractivity contribution in [3.63, 3.8) is 0 Å². The number of carbonyl (C=O) groups excluding carboxylic acids is 1. The van der Waals surface area contributed by atoms with Crippen LogP contribution in [0.5, 0.6) is 5.75 Å². The second kappa shape index (κ2) is 6.78. The average Bonchev–Trinajstić information content (AvgIpc) is 2.33. The first kappa shape index (κ1) is 15.0. The molecule has 0 fully saturated rings. The molecule has 0 bridgehead atoms. The minimum Gasteiger partial charge on any atom is -0.496 e. The van der Waals surface area contributed by atoms with Crippen LogP contribution < -0.4 is 10.1 Å². The fourth-order valence-corrected chi connectivity index (χ4v) is 1.93. The Morgan fingerprint density at radius 1 is 1.32 bits per heavy atom. The molecule has 0 aliphatic carbocycles. The zero-order chi connectivity index (χ0) is 14.4. The average molecular weight is 265 g/mol. The smallest absolute Gasteiger partial charge is 0.303 e. The van der Waals surface area contributed by atoms with Crippen LogP contribution in [0.15, 0.2) is 12.1 Å². The summed E-state index contributed by atoms with van der Waals surface area (Å²) >= 11 is 0. The summed E-state index contributed by atoms with van der Waals surface area (Å²) in [6.45, 7) is 4.13. The van der Waals surface area contributed by atoms with Crippen LogP contribution in [0.2, 0.25) is 0 Å². The van der Waals surface area contributed by atoms with Crippen LogP contribution in [0.1, 0.15) is 34.3 Å². The van der Waals surface area contributed by atoms with Gasteiger partial charge in [0, 0.05) is 13.0 Å². The van der Waals surface area contributed by atoms with Gasteiger partial charge in [-0.15, -0.1) is 0 Å². The van der Waals surface area contributed by atoms with E-state index in [4.69, 9.17) is 9.84 Å². The van der Waals surface area contributed by atoms with Crippen molar-refractivity contribution in [2.75, 3.05) is 13.7 Å². The summed E-state index contributed by atoms with van der Waals surface area (Å²) in [6.07, 6.45) is 0.457. The molecule has 1 aromatic carbocycles. The third-order valence-electron chi connectivity index (χ3n) is 2.72. The van der Waals surface area contributed by atoms with Crippen LogP contribution in [0.3, 0.4) is 0 Å². The number of ether oxygens (including phenoxy) is 1. The lowest BCUT2D eigenvalue weighted by Gasteiger charge is -2.12. The topological polar surface area (TPSA) is 75.6 Å². The van der Waals surface area contributed by atoms with Crippen LogP contribution >= 0.6 is 0 Å². The van der Waals surface area contributed by atoms with Gasteiger partial charge in [-0.25, -0.2) is 0 Å². The van der Waals surface area contributed by atoms with E-state index >= 15 is 0 Å². The van der Waals surface area contributed by atoms with Crippen LogP contribution in [-0.4, -0.2) is 30.6 Å². The van der Waals surface area contributed by atoms with Gasteiger partial charge >= 0.3 is 5.97 Å². The van der Waals surface area contributed by atoms with Gasteiger partial charge in [-0.05, 0) is 37.5 Å². The van der Waals surface area contributed by atoms with Gasteiger partial charge in [-0.1, -0.05) is 6.07 Å². The molecule has 0 saturated carbocycles. The number of carboxylic acid groups (broad SMARTS) is 1. The summed E-state index contributed by atoms with van der Waals surface area (Å²) < 4.78 is 5.24. The Kier molecular flexibility index (Phi) is 5.36. The molecule has 19 heavy (non-hydrogen) atoms. The number of aryl methyl sites for hydroxylation is 2. The van der Waals surface area contributed by atoms with E-state index in [-0.39, 0.29) is 12.3 Å². The van der Waals surface area contributed by atoms with E-state index in [9.17, 15) is 9.59 Å². The molecule has 0 spiro atoms. The summed E-state index contributed by atoms with van der Waals surface area (Å²) in [6, 6.07) is 3.71. The maximum atomic E-state index is 12.0. The first-order valence-corrected chi connectivity index (χ1v) is 6.11. The molecular weight excluding hydrogens is 246 g/mol. The highest BCUT2D eigenvalue weighted by molar-refractivity contribution is 5.97. The van der Waals surface area contributed by atoms with E-state index in [0.29, 0.717) is 24.3 Å². The number of hydrogen-bond acceptors (Lipinski definition) is 3. The molecule has 2 N–H and O–H groups in total. The maximum Gasteiger partial charge on any atom is 0.303 e. The number of hydrogen-bond donors (Lipinski definition) is 2. The quantitative estimate of drug-likeness (QED) is 0.770. The van der Waals surface area contributed by atoms with E-state index < -0.39 is 5.97 Å². The maximum absolute atomic E-state index is 12.0. The molecule has 1 amide bonds. The normalized spacial score (nSPS) is 10.1. The van der Waals surface area contributed by atoms with Gasteiger partial charge in [0.05, 0.1) is 12.7 Å². The Hall–Kier alpha value is -2.04. The van der Waals surface area contributed by atoms with Crippen molar-refractivity contribution in [3.05, 3.63) is 28.8 Å². The van der Waals surface area contributed by atoms with Crippen molar-refractivity contribution in [3.8, 4) is 5.75 Å². The van der Waals surface area contributed by atoms with Crippen LogP contribution in [0.4, 0.5) is 0 Å². The molecule has 5 nitrogen and oxygen atoms in total. The van der Waals surface area contributed by atoms with E-state index in [1.165, 1.54) is 7.11 Å². The van der Waals surface area contributed by atoms with Gasteiger partial charge in [0.15, 0.2) is 0 Å². The van der Waals surface area contributed by atoms with Gasteiger partial charge in [-0.2, -0.15) is 0 Å². The number of carbonyl (C=O) groups is 2. The molecule has 1 aromatic rings. The zero-order valence-corrected chi connectivity index (χ0v) is 11.4. The van der Waals surface area contributed by atoms with Crippen molar-refractivity contribution < 1.29 is 19.4 Å².